The first kappa shape index (κ1) is 14.2. The quantitative estimate of drug-likeness (QED) is 0.366. The molecule has 0 fully saturated rings. The minimum Gasteiger partial charge on any atom is -1.00 e. The molecule has 88 valence electrons. The van der Waals surface area contributed by atoms with Gasteiger partial charge in [-0.1, -0.05) is 12.1 Å². The lowest BCUT2D eigenvalue weighted by atomic mass is 10.2. The first-order chi connectivity index (χ1) is 7.75. The predicted molar refractivity (Wildman–Crippen MR) is 62.9 cm³/mol. The average molecular weight is 405 g/mol. The monoisotopic (exact) mass is 404 g/mol. The summed E-state index contributed by atoms with van der Waals surface area (Å²) in [5.74, 6) is 0.00574. The number of carbonyl (C=O) groups excluding carboxylic acids is 1. The molecule has 0 saturated carbocycles. The SMILES string of the molecule is O=C(Cc1cccc(Br)n1)[n+]1ccccc1.[I-]. The molecule has 0 unspecified atom stereocenters. The number of hydrogen-bond acceptors (Lipinski definition) is 2. The number of pyridine rings is 2. The van der Waals surface area contributed by atoms with Crippen molar-refractivity contribution in [3.8, 4) is 0 Å². The van der Waals surface area contributed by atoms with Crippen LogP contribution in [0.4, 0.5) is 0 Å². The second-order valence-electron chi connectivity index (χ2n) is 3.30. The fraction of sp³-hybridized carbons (Fsp3) is 0.0833. The Morgan fingerprint density at radius 2 is 1.88 bits per heavy atom. The van der Waals surface area contributed by atoms with Gasteiger partial charge in [-0.2, -0.15) is 0 Å². The van der Waals surface area contributed by atoms with Crippen molar-refractivity contribution in [3.05, 3.63) is 59.1 Å². The van der Waals surface area contributed by atoms with Gasteiger partial charge in [-0.05, 0) is 28.1 Å². The number of halogens is 2. The van der Waals surface area contributed by atoms with Crippen LogP contribution in [0.15, 0.2) is 53.4 Å². The number of aromatic nitrogens is 2. The highest BCUT2D eigenvalue weighted by Crippen LogP contribution is 2.06. The van der Waals surface area contributed by atoms with Crippen molar-refractivity contribution in [2.75, 3.05) is 0 Å². The summed E-state index contributed by atoms with van der Waals surface area (Å²) in [5.41, 5.74) is 0.760. The molecule has 0 aliphatic rings. The molecular formula is C12H10BrIN2O. The van der Waals surface area contributed by atoms with Gasteiger partial charge in [0.25, 0.3) is 0 Å². The minimum atomic E-state index is 0. The lowest BCUT2D eigenvalue weighted by Crippen LogP contribution is -3.00. The smallest absolute Gasteiger partial charge is 0.398 e. The van der Waals surface area contributed by atoms with Crippen LogP contribution >= 0.6 is 15.9 Å². The molecule has 2 aromatic rings. The van der Waals surface area contributed by atoms with Crippen molar-refractivity contribution < 1.29 is 33.3 Å². The van der Waals surface area contributed by atoms with E-state index in [4.69, 9.17) is 0 Å². The highest BCUT2D eigenvalue weighted by Gasteiger charge is 2.14. The summed E-state index contributed by atoms with van der Waals surface area (Å²) in [6, 6.07) is 11.1. The summed E-state index contributed by atoms with van der Waals surface area (Å²) in [7, 11) is 0. The Kier molecular flexibility index (Phi) is 5.70. The molecule has 0 radical (unpaired) electrons. The van der Waals surface area contributed by atoms with Crippen LogP contribution in [0.25, 0.3) is 0 Å². The minimum absolute atomic E-state index is 0. The Bertz CT molecular complexity index is 505. The van der Waals surface area contributed by atoms with Gasteiger partial charge in [0, 0.05) is 12.1 Å². The molecule has 0 aliphatic heterocycles. The molecule has 5 heteroatoms. The van der Waals surface area contributed by atoms with Crippen molar-refractivity contribution >= 4 is 21.8 Å². The molecule has 2 heterocycles. The van der Waals surface area contributed by atoms with E-state index in [9.17, 15) is 4.79 Å². The lowest BCUT2D eigenvalue weighted by Gasteiger charge is -1.96. The van der Waals surface area contributed by atoms with E-state index in [1.165, 1.54) is 0 Å². The number of carbonyl (C=O) groups is 1. The Morgan fingerprint density at radius 1 is 1.18 bits per heavy atom. The van der Waals surface area contributed by atoms with Crippen LogP contribution in [-0.4, -0.2) is 10.9 Å². The maximum atomic E-state index is 11.8. The van der Waals surface area contributed by atoms with Gasteiger partial charge in [-0.25, -0.2) is 9.78 Å². The highest BCUT2D eigenvalue weighted by molar-refractivity contribution is 9.10. The van der Waals surface area contributed by atoms with Gasteiger partial charge in [0.05, 0.1) is 5.69 Å². The summed E-state index contributed by atoms with van der Waals surface area (Å²) < 4.78 is 2.30. The molecule has 0 spiro atoms. The first-order valence-electron chi connectivity index (χ1n) is 4.86. The van der Waals surface area contributed by atoms with E-state index in [-0.39, 0.29) is 29.9 Å². The third-order valence-electron chi connectivity index (χ3n) is 2.11. The van der Waals surface area contributed by atoms with E-state index in [0.29, 0.717) is 6.42 Å². The molecule has 2 rings (SSSR count). The van der Waals surface area contributed by atoms with Crippen LogP contribution < -0.4 is 28.5 Å². The maximum absolute atomic E-state index is 11.8. The third-order valence-corrected chi connectivity index (χ3v) is 2.55. The molecule has 0 amide bonds. The molecule has 0 aromatic carbocycles. The second-order valence-corrected chi connectivity index (χ2v) is 4.12. The van der Waals surface area contributed by atoms with Crippen LogP contribution in [-0.2, 0) is 6.42 Å². The van der Waals surface area contributed by atoms with Gasteiger partial charge in [-0.15, -0.1) is 4.57 Å². The fourth-order valence-corrected chi connectivity index (χ4v) is 1.74. The van der Waals surface area contributed by atoms with Crippen molar-refractivity contribution in [1.82, 2.24) is 4.98 Å². The Labute approximate surface area is 125 Å². The Hall–Kier alpha value is -0.820. The molecule has 0 aliphatic carbocycles. The van der Waals surface area contributed by atoms with Crippen molar-refractivity contribution in [3.63, 3.8) is 0 Å². The van der Waals surface area contributed by atoms with E-state index < -0.39 is 0 Å². The van der Waals surface area contributed by atoms with Gasteiger partial charge in [0.1, 0.15) is 11.0 Å². The van der Waals surface area contributed by atoms with E-state index >= 15 is 0 Å². The number of nitrogens with zero attached hydrogens (tertiary/aromatic N) is 2. The molecular weight excluding hydrogens is 395 g/mol. The zero-order valence-electron chi connectivity index (χ0n) is 8.88. The number of hydrogen-bond donors (Lipinski definition) is 0. The van der Waals surface area contributed by atoms with Crippen LogP contribution in [0.1, 0.15) is 10.5 Å². The topological polar surface area (TPSA) is 33.8 Å². The number of rotatable bonds is 2. The first-order valence-corrected chi connectivity index (χ1v) is 5.66. The molecule has 2 aromatic heterocycles. The van der Waals surface area contributed by atoms with Gasteiger partial charge in [0.15, 0.2) is 12.4 Å². The Balaban J connectivity index is 0.00000144. The molecule has 17 heavy (non-hydrogen) atoms. The highest BCUT2D eigenvalue weighted by atomic mass is 127. The molecule has 0 N–H and O–H groups in total. The van der Waals surface area contributed by atoms with E-state index in [0.717, 1.165) is 10.3 Å². The zero-order chi connectivity index (χ0) is 11.4. The third kappa shape index (κ3) is 4.16. The summed E-state index contributed by atoms with van der Waals surface area (Å²) in [6.45, 7) is 0. The summed E-state index contributed by atoms with van der Waals surface area (Å²) in [4.78, 5) is 16.1. The summed E-state index contributed by atoms with van der Waals surface area (Å²) in [5, 5.41) is 0. The van der Waals surface area contributed by atoms with Gasteiger partial charge in [-0.3, -0.25) is 0 Å². The van der Waals surface area contributed by atoms with Crippen LogP contribution in [0.3, 0.4) is 0 Å². The summed E-state index contributed by atoms with van der Waals surface area (Å²) in [6.07, 6.45) is 3.77. The van der Waals surface area contributed by atoms with Crippen LogP contribution in [0.5, 0.6) is 0 Å². The van der Waals surface area contributed by atoms with Crippen molar-refractivity contribution in [1.29, 1.82) is 0 Å². The normalized spacial score (nSPS) is 9.47. The van der Waals surface area contributed by atoms with Gasteiger partial charge >= 0.3 is 5.91 Å². The zero-order valence-corrected chi connectivity index (χ0v) is 12.6. The van der Waals surface area contributed by atoms with Crippen molar-refractivity contribution in [2.45, 2.75) is 6.42 Å². The van der Waals surface area contributed by atoms with Crippen LogP contribution in [0.2, 0.25) is 0 Å². The predicted octanol–water partition coefficient (Wildman–Crippen LogP) is -0.981. The van der Waals surface area contributed by atoms with Gasteiger partial charge in [0.2, 0.25) is 0 Å². The average Bonchev–Trinajstić information content (AvgIpc) is 2.30. The maximum Gasteiger partial charge on any atom is 0.398 e. The Morgan fingerprint density at radius 3 is 2.53 bits per heavy atom. The lowest BCUT2D eigenvalue weighted by molar-refractivity contribution is -0.574. The molecule has 0 bridgehead atoms. The van der Waals surface area contributed by atoms with Gasteiger partial charge < -0.3 is 24.0 Å². The van der Waals surface area contributed by atoms with E-state index in [2.05, 4.69) is 20.9 Å². The molecule has 0 atom stereocenters. The molecule has 3 nitrogen and oxygen atoms in total. The van der Waals surface area contributed by atoms with Crippen LogP contribution in [0, 0.1) is 0 Å². The van der Waals surface area contributed by atoms with E-state index in [1.54, 1.807) is 17.0 Å². The van der Waals surface area contributed by atoms with Crippen molar-refractivity contribution in [2.24, 2.45) is 0 Å². The second kappa shape index (κ2) is 6.80. The largest absolute Gasteiger partial charge is 1.00 e. The summed E-state index contributed by atoms with van der Waals surface area (Å²) >= 11 is 3.28. The molecule has 0 saturated heterocycles. The standard InChI is InChI=1S/C12H10BrN2O.HI/c13-11-6-4-5-10(14-11)9-12(16)15-7-2-1-3-8-15;/h1-8H,9H2;1H/q+1;/p-1. The van der Waals surface area contributed by atoms with E-state index in [1.807, 2.05) is 36.4 Å². The fourth-order valence-electron chi connectivity index (χ4n) is 1.36.